The van der Waals surface area contributed by atoms with Crippen LogP contribution in [0.1, 0.15) is 41.3 Å². The molecule has 196 valence electrons. The summed E-state index contributed by atoms with van der Waals surface area (Å²) in [6.45, 7) is 4.87. The van der Waals surface area contributed by atoms with Gasteiger partial charge in [0.05, 0.1) is 11.1 Å². The number of hydrogen-bond acceptors (Lipinski definition) is 3. The maximum atomic E-state index is 13.1. The van der Waals surface area contributed by atoms with Crippen molar-refractivity contribution in [3.8, 4) is 0 Å². The van der Waals surface area contributed by atoms with Crippen molar-refractivity contribution in [1.29, 1.82) is 0 Å². The Hall–Kier alpha value is -3.44. The first-order chi connectivity index (χ1) is 16.9. The lowest BCUT2D eigenvalue weighted by molar-refractivity contribution is -0.143. The van der Waals surface area contributed by atoms with Gasteiger partial charge in [-0.3, -0.25) is 4.79 Å². The van der Waals surface area contributed by atoms with Crippen molar-refractivity contribution < 1.29 is 35.9 Å². The Balaban J connectivity index is 1.63. The average molecular weight is 516 g/mol. The van der Waals surface area contributed by atoms with E-state index >= 15 is 0 Å². The van der Waals surface area contributed by atoms with E-state index in [-0.39, 0.29) is 17.8 Å². The first-order valence-electron chi connectivity index (χ1n) is 11.4. The SMILES string of the molecule is CCCCNC(=O)N1CCN(c2ccc(NC(=O)c3cc(C(F)(F)F)cc(C(F)(F)F)c3)cc2)CC1. The first kappa shape index (κ1) is 27.2. The minimum atomic E-state index is -5.04. The summed E-state index contributed by atoms with van der Waals surface area (Å²) in [6.07, 6.45) is -8.19. The molecule has 0 unspecified atom stereocenters. The van der Waals surface area contributed by atoms with Gasteiger partial charge in [-0.05, 0) is 48.9 Å². The molecular weight excluding hydrogens is 490 g/mol. The van der Waals surface area contributed by atoms with Crippen LogP contribution in [0.5, 0.6) is 0 Å². The van der Waals surface area contributed by atoms with E-state index in [0.29, 0.717) is 44.9 Å². The van der Waals surface area contributed by atoms with E-state index in [4.69, 9.17) is 0 Å². The Kier molecular flexibility index (Phi) is 8.36. The van der Waals surface area contributed by atoms with Gasteiger partial charge in [-0.15, -0.1) is 0 Å². The minimum absolute atomic E-state index is 0.0276. The Bertz CT molecular complexity index is 1030. The number of anilines is 2. The molecule has 3 rings (SSSR count). The van der Waals surface area contributed by atoms with Gasteiger partial charge in [0.2, 0.25) is 0 Å². The molecule has 0 saturated carbocycles. The highest BCUT2D eigenvalue weighted by Crippen LogP contribution is 2.36. The van der Waals surface area contributed by atoms with E-state index in [1.807, 2.05) is 11.8 Å². The molecule has 3 amide bonds. The van der Waals surface area contributed by atoms with E-state index < -0.39 is 35.0 Å². The maximum Gasteiger partial charge on any atom is 0.416 e. The summed E-state index contributed by atoms with van der Waals surface area (Å²) in [5, 5.41) is 5.21. The Morgan fingerprint density at radius 2 is 1.42 bits per heavy atom. The highest BCUT2D eigenvalue weighted by molar-refractivity contribution is 6.04. The highest BCUT2D eigenvalue weighted by atomic mass is 19.4. The number of urea groups is 1. The third-order valence-electron chi connectivity index (χ3n) is 5.71. The second-order valence-electron chi connectivity index (χ2n) is 8.36. The van der Waals surface area contributed by atoms with Gasteiger partial charge in [-0.25, -0.2) is 4.79 Å². The number of amides is 3. The van der Waals surface area contributed by atoms with Crippen LogP contribution < -0.4 is 15.5 Å². The lowest BCUT2D eigenvalue weighted by atomic mass is 10.0. The Labute approximate surface area is 204 Å². The summed E-state index contributed by atoms with van der Waals surface area (Å²) in [6, 6.07) is 7.02. The number of carbonyl (C=O) groups excluding carboxylic acids is 2. The van der Waals surface area contributed by atoms with Crippen LogP contribution >= 0.6 is 0 Å². The number of alkyl halides is 6. The molecule has 2 aromatic rings. The van der Waals surface area contributed by atoms with Crippen molar-refractivity contribution >= 4 is 23.3 Å². The van der Waals surface area contributed by atoms with E-state index in [2.05, 4.69) is 10.6 Å². The van der Waals surface area contributed by atoms with Crippen LogP contribution in [-0.4, -0.2) is 49.6 Å². The lowest BCUT2D eigenvalue weighted by Crippen LogP contribution is -2.52. The van der Waals surface area contributed by atoms with Crippen molar-refractivity contribution in [3.05, 3.63) is 59.2 Å². The van der Waals surface area contributed by atoms with Crippen LogP contribution in [0, 0.1) is 0 Å². The van der Waals surface area contributed by atoms with Crippen LogP contribution in [0.25, 0.3) is 0 Å². The Morgan fingerprint density at radius 3 is 1.92 bits per heavy atom. The quantitative estimate of drug-likeness (QED) is 0.388. The average Bonchev–Trinajstić information content (AvgIpc) is 2.83. The zero-order valence-corrected chi connectivity index (χ0v) is 19.5. The molecular formula is C24H26F6N4O2. The van der Waals surface area contributed by atoms with E-state index in [0.717, 1.165) is 18.5 Å². The predicted molar refractivity (Wildman–Crippen MR) is 123 cm³/mol. The van der Waals surface area contributed by atoms with Gasteiger partial charge in [-0.2, -0.15) is 26.3 Å². The van der Waals surface area contributed by atoms with Gasteiger partial charge in [-0.1, -0.05) is 13.3 Å². The van der Waals surface area contributed by atoms with Crippen molar-refractivity contribution in [2.45, 2.75) is 32.1 Å². The molecule has 1 saturated heterocycles. The standard InChI is InChI=1S/C24H26F6N4O2/c1-2-3-8-31-22(36)34-11-9-33(10-12-34)20-6-4-19(5-7-20)32-21(35)16-13-17(23(25,26)27)15-18(14-16)24(28,29)30/h4-7,13-15H,2-3,8-12H2,1H3,(H,31,36)(H,32,35). The minimum Gasteiger partial charge on any atom is -0.368 e. The number of piperazine rings is 1. The van der Waals surface area contributed by atoms with Gasteiger partial charge in [0.15, 0.2) is 0 Å². The number of nitrogens with one attached hydrogen (secondary N) is 2. The molecule has 1 aliphatic rings. The molecule has 36 heavy (non-hydrogen) atoms. The van der Waals surface area contributed by atoms with Gasteiger partial charge < -0.3 is 20.4 Å². The molecule has 12 heteroatoms. The van der Waals surface area contributed by atoms with Crippen molar-refractivity contribution in [3.63, 3.8) is 0 Å². The Morgan fingerprint density at radius 1 is 0.861 bits per heavy atom. The summed E-state index contributed by atoms with van der Waals surface area (Å²) in [7, 11) is 0. The topological polar surface area (TPSA) is 64.7 Å². The molecule has 2 N–H and O–H groups in total. The van der Waals surface area contributed by atoms with Gasteiger partial charge in [0, 0.05) is 49.7 Å². The number of rotatable bonds is 6. The molecule has 0 spiro atoms. The number of halogens is 6. The maximum absolute atomic E-state index is 13.1. The molecule has 1 fully saturated rings. The fourth-order valence-corrected chi connectivity index (χ4v) is 3.70. The van der Waals surface area contributed by atoms with Crippen molar-refractivity contribution in [2.24, 2.45) is 0 Å². The third-order valence-corrected chi connectivity index (χ3v) is 5.71. The highest BCUT2D eigenvalue weighted by Gasteiger charge is 2.37. The number of carbonyl (C=O) groups is 2. The van der Waals surface area contributed by atoms with Crippen LogP contribution in [0.4, 0.5) is 42.5 Å². The predicted octanol–water partition coefficient (Wildman–Crippen LogP) is 5.61. The number of hydrogen-bond donors (Lipinski definition) is 2. The van der Waals surface area contributed by atoms with Crippen LogP contribution in [0.3, 0.4) is 0 Å². The van der Waals surface area contributed by atoms with Crippen LogP contribution in [-0.2, 0) is 12.4 Å². The molecule has 0 atom stereocenters. The van der Waals surface area contributed by atoms with Crippen LogP contribution in [0.15, 0.2) is 42.5 Å². The lowest BCUT2D eigenvalue weighted by Gasteiger charge is -2.36. The summed E-state index contributed by atoms with van der Waals surface area (Å²) in [5.41, 5.74) is -2.86. The fraction of sp³-hybridized carbons (Fsp3) is 0.417. The number of nitrogens with zero attached hydrogens (tertiary/aromatic N) is 2. The fourth-order valence-electron chi connectivity index (χ4n) is 3.70. The van der Waals surface area contributed by atoms with Gasteiger partial charge >= 0.3 is 18.4 Å². The third kappa shape index (κ3) is 7.05. The first-order valence-corrected chi connectivity index (χ1v) is 11.4. The van der Waals surface area contributed by atoms with Gasteiger partial charge in [0.25, 0.3) is 5.91 Å². The molecule has 1 aliphatic heterocycles. The molecule has 0 aliphatic carbocycles. The summed E-state index contributed by atoms with van der Waals surface area (Å²) >= 11 is 0. The zero-order chi connectivity index (χ0) is 26.5. The molecule has 0 aromatic heterocycles. The van der Waals surface area contributed by atoms with Crippen molar-refractivity contribution in [1.82, 2.24) is 10.2 Å². The number of unbranched alkanes of at least 4 members (excludes halogenated alkanes) is 1. The van der Waals surface area contributed by atoms with E-state index in [9.17, 15) is 35.9 Å². The second kappa shape index (κ2) is 11.1. The smallest absolute Gasteiger partial charge is 0.368 e. The normalized spacial score (nSPS) is 14.5. The van der Waals surface area contributed by atoms with Gasteiger partial charge in [0.1, 0.15) is 0 Å². The molecule has 1 heterocycles. The summed E-state index contributed by atoms with van der Waals surface area (Å²) < 4.78 is 78.3. The molecule has 0 bridgehead atoms. The van der Waals surface area contributed by atoms with Crippen molar-refractivity contribution in [2.75, 3.05) is 42.9 Å². The van der Waals surface area contributed by atoms with Crippen LogP contribution in [0.2, 0.25) is 0 Å². The summed E-state index contributed by atoms with van der Waals surface area (Å²) in [5.74, 6) is -1.10. The second-order valence-corrected chi connectivity index (χ2v) is 8.36. The summed E-state index contributed by atoms with van der Waals surface area (Å²) in [4.78, 5) is 28.4. The number of benzene rings is 2. The molecule has 0 radical (unpaired) electrons. The zero-order valence-electron chi connectivity index (χ0n) is 19.5. The van der Waals surface area contributed by atoms with E-state index in [1.54, 1.807) is 17.0 Å². The monoisotopic (exact) mass is 516 g/mol. The molecule has 2 aromatic carbocycles. The molecule has 6 nitrogen and oxygen atoms in total. The largest absolute Gasteiger partial charge is 0.416 e. The van der Waals surface area contributed by atoms with E-state index in [1.165, 1.54) is 12.1 Å².